The average molecular weight is 426 g/mol. The van der Waals surface area contributed by atoms with Gasteiger partial charge in [-0.1, -0.05) is 0 Å². The zero-order chi connectivity index (χ0) is 19.1. The van der Waals surface area contributed by atoms with Crippen LogP contribution in [-0.4, -0.2) is 56.2 Å². The molecule has 0 bridgehead atoms. The van der Waals surface area contributed by atoms with Gasteiger partial charge in [0.15, 0.2) is 12.0 Å². The zero-order valence-electron chi connectivity index (χ0n) is 15.4. The Morgan fingerprint density at radius 3 is 2.85 bits per heavy atom. The summed E-state index contributed by atoms with van der Waals surface area (Å²) >= 11 is 3.42. The fraction of sp³-hybridized carbons (Fsp3) is 0.529. The molecule has 26 heavy (non-hydrogen) atoms. The number of halogens is 1. The fourth-order valence-corrected chi connectivity index (χ4v) is 3.37. The van der Waals surface area contributed by atoms with Crippen molar-refractivity contribution in [2.24, 2.45) is 0 Å². The minimum atomic E-state index is -0.770. The summed E-state index contributed by atoms with van der Waals surface area (Å²) in [5.74, 6) is 0.631. The number of aliphatic hydroxyl groups is 1. The molecule has 0 spiro atoms. The summed E-state index contributed by atoms with van der Waals surface area (Å²) in [5.41, 5.74) is 1.03. The van der Waals surface area contributed by atoms with Crippen molar-refractivity contribution in [3.63, 3.8) is 0 Å². The van der Waals surface area contributed by atoms with Gasteiger partial charge in [0.1, 0.15) is 5.60 Å². The Labute approximate surface area is 161 Å². The van der Waals surface area contributed by atoms with Crippen molar-refractivity contribution in [2.75, 3.05) is 18.9 Å². The van der Waals surface area contributed by atoms with E-state index < -0.39 is 11.8 Å². The maximum Gasteiger partial charge on any atom is 0.410 e. The van der Waals surface area contributed by atoms with Crippen LogP contribution in [0.4, 0.5) is 10.6 Å². The molecule has 0 aliphatic carbocycles. The first-order valence-electron chi connectivity index (χ1n) is 8.43. The second kappa shape index (κ2) is 6.96. The van der Waals surface area contributed by atoms with E-state index in [0.29, 0.717) is 31.1 Å². The number of likely N-dealkylation sites (N-methyl/N-ethyl adjacent to an activating group) is 1. The van der Waals surface area contributed by atoms with Gasteiger partial charge in [-0.05, 0) is 42.8 Å². The number of fused-ring (bicyclic) bond motifs is 1. The van der Waals surface area contributed by atoms with Crippen LogP contribution in [0.2, 0.25) is 0 Å². The standard InChI is InChI=1S/C17H24BrN5O3/c1-17(2,3)26-16(25)22-5-6-23-12(10-22)8-14(20-23)19-13-7-11(18)9-21(4)15(13)24/h7-9,15,24H,5-6,10H2,1-4H3,(H,19,20). The number of carbonyl (C=O) groups excluding carboxylic acids is 1. The Kier molecular flexibility index (Phi) is 5.03. The number of hydrogen-bond donors (Lipinski definition) is 2. The SMILES string of the molecule is CN1C=C(Br)C=C(Nc2cc3n(n2)CCN(C(=O)OC(C)(C)C)C3)C1O. The molecule has 3 heterocycles. The number of amides is 1. The highest BCUT2D eigenvalue weighted by molar-refractivity contribution is 9.11. The lowest BCUT2D eigenvalue weighted by Crippen LogP contribution is -2.41. The van der Waals surface area contributed by atoms with Crippen LogP contribution in [0.25, 0.3) is 0 Å². The van der Waals surface area contributed by atoms with Crippen molar-refractivity contribution in [1.82, 2.24) is 19.6 Å². The van der Waals surface area contributed by atoms with E-state index in [9.17, 15) is 9.90 Å². The molecule has 0 aromatic carbocycles. The molecule has 0 fully saturated rings. The third kappa shape index (κ3) is 4.21. The first-order valence-corrected chi connectivity index (χ1v) is 9.22. The normalized spacial score (nSPS) is 20.3. The van der Waals surface area contributed by atoms with Crippen molar-refractivity contribution >= 4 is 27.8 Å². The lowest BCUT2D eigenvalue weighted by molar-refractivity contribution is 0.0194. The zero-order valence-corrected chi connectivity index (χ0v) is 16.9. The first-order chi connectivity index (χ1) is 12.1. The van der Waals surface area contributed by atoms with Crippen molar-refractivity contribution < 1.29 is 14.6 Å². The minimum Gasteiger partial charge on any atom is -0.444 e. The molecule has 1 amide bonds. The molecule has 2 N–H and O–H groups in total. The molecule has 8 nitrogen and oxygen atoms in total. The van der Waals surface area contributed by atoms with Gasteiger partial charge in [0.05, 0.1) is 24.5 Å². The van der Waals surface area contributed by atoms with Crippen molar-refractivity contribution in [3.05, 3.63) is 34.2 Å². The van der Waals surface area contributed by atoms with Gasteiger partial charge in [0.2, 0.25) is 0 Å². The van der Waals surface area contributed by atoms with Crippen LogP contribution >= 0.6 is 15.9 Å². The number of ether oxygens (including phenoxy) is 1. The van der Waals surface area contributed by atoms with Gasteiger partial charge in [-0.25, -0.2) is 4.79 Å². The molecule has 0 saturated carbocycles. The quantitative estimate of drug-likeness (QED) is 0.756. The van der Waals surface area contributed by atoms with Gasteiger partial charge in [0.25, 0.3) is 0 Å². The summed E-state index contributed by atoms with van der Waals surface area (Å²) < 4.78 is 8.16. The summed E-state index contributed by atoms with van der Waals surface area (Å²) in [6, 6.07) is 1.89. The predicted molar refractivity (Wildman–Crippen MR) is 101 cm³/mol. The summed E-state index contributed by atoms with van der Waals surface area (Å²) in [5, 5.41) is 18.0. The van der Waals surface area contributed by atoms with E-state index in [2.05, 4.69) is 26.3 Å². The van der Waals surface area contributed by atoms with Gasteiger partial charge in [-0.2, -0.15) is 5.10 Å². The number of allylic oxidation sites excluding steroid dienone is 2. The molecule has 1 unspecified atom stereocenters. The monoisotopic (exact) mass is 425 g/mol. The predicted octanol–water partition coefficient (Wildman–Crippen LogP) is 2.43. The number of rotatable bonds is 2. The average Bonchev–Trinajstić information content (AvgIpc) is 2.91. The van der Waals surface area contributed by atoms with Crippen LogP contribution in [0.15, 0.2) is 28.5 Å². The molecule has 9 heteroatoms. The maximum absolute atomic E-state index is 12.3. The van der Waals surface area contributed by atoms with Gasteiger partial charge in [-0.3, -0.25) is 4.68 Å². The Hall–Kier alpha value is -2.00. The number of aliphatic hydroxyl groups excluding tert-OH is 1. The van der Waals surface area contributed by atoms with Crippen molar-refractivity contribution in [2.45, 2.75) is 45.7 Å². The van der Waals surface area contributed by atoms with E-state index in [1.807, 2.05) is 37.6 Å². The lowest BCUT2D eigenvalue weighted by Gasteiger charge is -2.30. The Morgan fingerprint density at radius 2 is 2.15 bits per heavy atom. The maximum atomic E-state index is 12.3. The van der Waals surface area contributed by atoms with Crippen molar-refractivity contribution in [3.8, 4) is 0 Å². The molecule has 142 valence electrons. The number of hydrogen-bond acceptors (Lipinski definition) is 6. The van der Waals surface area contributed by atoms with E-state index in [4.69, 9.17) is 4.74 Å². The second-order valence-corrected chi connectivity index (χ2v) is 8.34. The minimum absolute atomic E-state index is 0.319. The molecule has 0 radical (unpaired) electrons. The van der Waals surface area contributed by atoms with Crippen molar-refractivity contribution in [1.29, 1.82) is 0 Å². The van der Waals surface area contributed by atoms with Gasteiger partial charge >= 0.3 is 6.09 Å². The Balaban J connectivity index is 1.70. The molecule has 1 aromatic heterocycles. The molecule has 1 atom stereocenters. The highest BCUT2D eigenvalue weighted by Crippen LogP contribution is 2.24. The highest BCUT2D eigenvalue weighted by Gasteiger charge is 2.27. The smallest absolute Gasteiger partial charge is 0.410 e. The number of aromatic nitrogens is 2. The van der Waals surface area contributed by atoms with E-state index in [0.717, 1.165) is 10.2 Å². The molecule has 1 aromatic rings. The number of carbonyl (C=O) groups is 1. The number of nitrogens with zero attached hydrogens (tertiary/aromatic N) is 4. The largest absolute Gasteiger partial charge is 0.444 e. The molecule has 2 aliphatic heterocycles. The molecular formula is C17H24BrN5O3. The Bertz CT molecular complexity index is 765. The van der Waals surface area contributed by atoms with Crippen LogP contribution < -0.4 is 5.32 Å². The van der Waals surface area contributed by atoms with E-state index in [1.54, 1.807) is 23.0 Å². The summed E-state index contributed by atoms with van der Waals surface area (Å²) in [7, 11) is 1.79. The fourth-order valence-electron chi connectivity index (χ4n) is 2.80. The lowest BCUT2D eigenvalue weighted by atomic mass is 10.2. The summed E-state index contributed by atoms with van der Waals surface area (Å²) in [6.07, 6.45) is 2.52. The molecular weight excluding hydrogens is 402 g/mol. The van der Waals surface area contributed by atoms with Crippen LogP contribution in [0.5, 0.6) is 0 Å². The van der Waals surface area contributed by atoms with Gasteiger partial charge in [0, 0.05) is 30.3 Å². The summed E-state index contributed by atoms with van der Waals surface area (Å²) in [6.45, 7) is 7.15. The number of anilines is 1. The van der Waals surface area contributed by atoms with Crippen LogP contribution in [-0.2, 0) is 17.8 Å². The molecule has 2 aliphatic rings. The topological polar surface area (TPSA) is 82.9 Å². The third-order valence-corrected chi connectivity index (χ3v) is 4.44. The van der Waals surface area contributed by atoms with Crippen LogP contribution in [0, 0.1) is 0 Å². The summed E-state index contributed by atoms with van der Waals surface area (Å²) in [4.78, 5) is 15.6. The van der Waals surface area contributed by atoms with Crippen LogP contribution in [0.1, 0.15) is 26.5 Å². The van der Waals surface area contributed by atoms with E-state index >= 15 is 0 Å². The second-order valence-electron chi connectivity index (χ2n) is 7.42. The highest BCUT2D eigenvalue weighted by atomic mass is 79.9. The van der Waals surface area contributed by atoms with E-state index in [1.165, 1.54) is 0 Å². The van der Waals surface area contributed by atoms with Gasteiger partial charge < -0.3 is 25.0 Å². The molecule has 3 rings (SSSR count). The Morgan fingerprint density at radius 1 is 1.42 bits per heavy atom. The third-order valence-electron chi connectivity index (χ3n) is 4.01. The number of nitrogens with one attached hydrogen (secondary N) is 1. The molecule has 0 saturated heterocycles. The van der Waals surface area contributed by atoms with E-state index in [-0.39, 0.29) is 6.09 Å². The van der Waals surface area contributed by atoms with Crippen LogP contribution in [0.3, 0.4) is 0 Å². The first kappa shape index (κ1) is 18.8. The van der Waals surface area contributed by atoms with Gasteiger partial charge in [-0.15, -0.1) is 0 Å².